The zero-order chi connectivity index (χ0) is 18.5. The van der Waals surface area contributed by atoms with Gasteiger partial charge in [0, 0.05) is 32.7 Å². The predicted molar refractivity (Wildman–Crippen MR) is 113 cm³/mol. The Hall–Kier alpha value is -2.42. The Morgan fingerprint density at radius 1 is 0.667 bits per heavy atom. The van der Waals surface area contributed by atoms with Crippen molar-refractivity contribution in [2.45, 2.75) is 19.5 Å². The molecule has 4 rings (SSSR count). The molecule has 1 saturated heterocycles. The molecule has 0 saturated carbocycles. The van der Waals surface area contributed by atoms with Crippen molar-refractivity contribution in [2.75, 3.05) is 26.2 Å². The molecule has 0 amide bonds. The van der Waals surface area contributed by atoms with Crippen molar-refractivity contribution < 1.29 is 0 Å². The second kappa shape index (κ2) is 8.51. The predicted octanol–water partition coefficient (Wildman–Crippen LogP) is 4.90. The van der Waals surface area contributed by atoms with Gasteiger partial charge in [-0.3, -0.25) is 9.80 Å². The lowest BCUT2D eigenvalue weighted by Crippen LogP contribution is -2.47. The van der Waals surface area contributed by atoms with Gasteiger partial charge in [0.15, 0.2) is 0 Å². The first-order chi connectivity index (χ1) is 13.3. The summed E-state index contributed by atoms with van der Waals surface area (Å²) in [7, 11) is 0. The van der Waals surface area contributed by atoms with Crippen molar-refractivity contribution in [3.05, 3.63) is 107 Å². The van der Waals surface area contributed by atoms with Gasteiger partial charge in [0.05, 0.1) is 6.04 Å². The fraction of sp³-hybridized carbons (Fsp3) is 0.280. The van der Waals surface area contributed by atoms with Crippen LogP contribution in [0.5, 0.6) is 0 Å². The highest BCUT2D eigenvalue weighted by molar-refractivity contribution is 5.33. The number of rotatable bonds is 5. The van der Waals surface area contributed by atoms with Crippen molar-refractivity contribution in [1.29, 1.82) is 0 Å². The molecular weight excluding hydrogens is 328 g/mol. The van der Waals surface area contributed by atoms with Crippen LogP contribution in [0.1, 0.15) is 28.3 Å². The normalized spacial score (nSPS) is 16.9. The molecule has 0 radical (unpaired) electrons. The van der Waals surface area contributed by atoms with Crippen molar-refractivity contribution >= 4 is 0 Å². The second-order valence-corrected chi connectivity index (χ2v) is 7.52. The second-order valence-electron chi connectivity index (χ2n) is 7.52. The maximum Gasteiger partial charge on any atom is 0.0602 e. The van der Waals surface area contributed by atoms with E-state index in [9.17, 15) is 0 Å². The molecule has 0 bridgehead atoms. The zero-order valence-electron chi connectivity index (χ0n) is 16.1. The van der Waals surface area contributed by atoms with Crippen LogP contribution in [0.2, 0.25) is 0 Å². The SMILES string of the molecule is Cc1ccc(C(c2ccccc2)N2CCN(Cc3ccccc3)CC2)cc1. The van der Waals surface area contributed by atoms with Gasteiger partial charge in [-0.2, -0.15) is 0 Å². The Balaban J connectivity index is 1.49. The number of aryl methyl sites for hydroxylation is 1. The Kier molecular flexibility index (Phi) is 5.66. The van der Waals surface area contributed by atoms with Crippen LogP contribution in [-0.4, -0.2) is 36.0 Å². The van der Waals surface area contributed by atoms with E-state index < -0.39 is 0 Å². The summed E-state index contributed by atoms with van der Waals surface area (Å²) in [5.74, 6) is 0. The Labute approximate surface area is 163 Å². The van der Waals surface area contributed by atoms with E-state index in [-0.39, 0.29) is 0 Å². The third-order valence-electron chi connectivity index (χ3n) is 5.53. The molecule has 0 spiro atoms. The minimum absolute atomic E-state index is 0.339. The van der Waals surface area contributed by atoms with Crippen LogP contribution < -0.4 is 0 Å². The molecule has 2 heteroatoms. The van der Waals surface area contributed by atoms with Gasteiger partial charge in [-0.15, -0.1) is 0 Å². The number of hydrogen-bond donors (Lipinski definition) is 0. The van der Waals surface area contributed by atoms with Crippen LogP contribution in [0.25, 0.3) is 0 Å². The van der Waals surface area contributed by atoms with Gasteiger partial charge in [-0.05, 0) is 23.6 Å². The third-order valence-corrected chi connectivity index (χ3v) is 5.53. The van der Waals surface area contributed by atoms with Crippen molar-refractivity contribution in [3.8, 4) is 0 Å². The van der Waals surface area contributed by atoms with Crippen LogP contribution in [0, 0.1) is 6.92 Å². The van der Waals surface area contributed by atoms with Gasteiger partial charge in [-0.1, -0.05) is 90.5 Å². The molecule has 0 N–H and O–H groups in total. The van der Waals surface area contributed by atoms with Gasteiger partial charge >= 0.3 is 0 Å². The highest BCUT2D eigenvalue weighted by atomic mass is 15.3. The summed E-state index contributed by atoms with van der Waals surface area (Å²) in [5, 5.41) is 0. The summed E-state index contributed by atoms with van der Waals surface area (Å²) in [6.07, 6.45) is 0. The Morgan fingerprint density at radius 3 is 1.85 bits per heavy atom. The van der Waals surface area contributed by atoms with E-state index in [1.807, 2.05) is 0 Å². The number of hydrogen-bond acceptors (Lipinski definition) is 2. The number of piperazine rings is 1. The first-order valence-electron chi connectivity index (χ1n) is 9.91. The molecule has 3 aromatic carbocycles. The smallest absolute Gasteiger partial charge is 0.0602 e. The van der Waals surface area contributed by atoms with Gasteiger partial charge < -0.3 is 0 Å². The molecule has 1 aliphatic heterocycles. The Bertz CT molecular complexity index is 819. The van der Waals surface area contributed by atoms with E-state index in [1.165, 1.54) is 22.3 Å². The van der Waals surface area contributed by atoms with Crippen molar-refractivity contribution in [1.82, 2.24) is 9.80 Å². The summed E-state index contributed by atoms with van der Waals surface area (Å²) in [4.78, 5) is 5.21. The summed E-state index contributed by atoms with van der Waals surface area (Å²) in [5.41, 5.74) is 5.50. The summed E-state index contributed by atoms with van der Waals surface area (Å²) >= 11 is 0. The van der Waals surface area contributed by atoms with Crippen molar-refractivity contribution in [3.63, 3.8) is 0 Å². The van der Waals surface area contributed by atoms with Crippen LogP contribution in [0.15, 0.2) is 84.9 Å². The molecule has 27 heavy (non-hydrogen) atoms. The largest absolute Gasteiger partial charge is 0.297 e. The highest BCUT2D eigenvalue weighted by Crippen LogP contribution is 2.30. The molecular formula is C25H28N2. The molecule has 138 valence electrons. The molecule has 3 aromatic rings. The van der Waals surface area contributed by atoms with Gasteiger partial charge in [0.1, 0.15) is 0 Å². The highest BCUT2D eigenvalue weighted by Gasteiger charge is 2.26. The lowest BCUT2D eigenvalue weighted by Gasteiger charge is -2.40. The van der Waals surface area contributed by atoms with Crippen molar-refractivity contribution in [2.24, 2.45) is 0 Å². The molecule has 2 nitrogen and oxygen atoms in total. The van der Waals surface area contributed by atoms with E-state index >= 15 is 0 Å². The minimum Gasteiger partial charge on any atom is -0.297 e. The zero-order valence-corrected chi connectivity index (χ0v) is 16.1. The summed E-state index contributed by atoms with van der Waals surface area (Å²) in [6, 6.07) is 31.2. The maximum atomic E-state index is 2.64. The standard InChI is InChI=1S/C25H28N2/c1-21-12-14-24(15-13-21)25(23-10-6-3-7-11-23)27-18-16-26(17-19-27)20-22-8-4-2-5-9-22/h2-15,25H,16-20H2,1H3. The molecule has 0 aliphatic carbocycles. The fourth-order valence-electron chi connectivity index (χ4n) is 4.02. The van der Waals surface area contributed by atoms with E-state index in [4.69, 9.17) is 0 Å². The average Bonchev–Trinajstić information content (AvgIpc) is 2.73. The quantitative estimate of drug-likeness (QED) is 0.641. The Morgan fingerprint density at radius 2 is 1.22 bits per heavy atom. The van der Waals surface area contributed by atoms with Crippen LogP contribution in [0.3, 0.4) is 0 Å². The average molecular weight is 357 g/mol. The summed E-state index contributed by atoms with van der Waals surface area (Å²) in [6.45, 7) is 7.63. The maximum absolute atomic E-state index is 2.64. The van der Waals surface area contributed by atoms with E-state index in [0.29, 0.717) is 6.04 Å². The first-order valence-corrected chi connectivity index (χ1v) is 9.91. The molecule has 0 aromatic heterocycles. The lowest BCUT2D eigenvalue weighted by atomic mass is 9.95. The fourth-order valence-corrected chi connectivity index (χ4v) is 4.02. The van der Waals surface area contributed by atoms with Crippen LogP contribution >= 0.6 is 0 Å². The number of benzene rings is 3. The third kappa shape index (κ3) is 4.47. The first kappa shape index (κ1) is 18.0. The van der Waals surface area contributed by atoms with Crippen LogP contribution in [-0.2, 0) is 6.54 Å². The monoisotopic (exact) mass is 356 g/mol. The van der Waals surface area contributed by atoms with E-state index in [2.05, 4.69) is 102 Å². The van der Waals surface area contributed by atoms with Gasteiger partial charge in [0.2, 0.25) is 0 Å². The summed E-state index contributed by atoms with van der Waals surface area (Å²) < 4.78 is 0. The van der Waals surface area contributed by atoms with E-state index in [0.717, 1.165) is 32.7 Å². The van der Waals surface area contributed by atoms with Crippen LogP contribution in [0.4, 0.5) is 0 Å². The molecule has 1 unspecified atom stereocenters. The lowest BCUT2D eigenvalue weighted by molar-refractivity contribution is 0.105. The topological polar surface area (TPSA) is 6.48 Å². The van der Waals surface area contributed by atoms with E-state index in [1.54, 1.807) is 0 Å². The molecule has 1 heterocycles. The minimum atomic E-state index is 0.339. The van der Waals surface area contributed by atoms with Gasteiger partial charge in [-0.25, -0.2) is 0 Å². The molecule has 1 fully saturated rings. The van der Waals surface area contributed by atoms with Gasteiger partial charge in [0.25, 0.3) is 0 Å². The molecule has 1 atom stereocenters. The number of nitrogens with zero attached hydrogens (tertiary/aromatic N) is 2. The molecule has 1 aliphatic rings.